The highest BCUT2D eigenvalue weighted by molar-refractivity contribution is 7.16. The van der Waals surface area contributed by atoms with Crippen molar-refractivity contribution < 1.29 is 9.32 Å². The number of hydrogen-bond donors (Lipinski definition) is 1. The van der Waals surface area contributed by atoms with Crippen LogP contribution in [0.2, 0.25) is 5.02 Å². The van der Waals surface area contributed by atoms with Crippen LogP contribution in [0, 0.1) is 18.3 Å². The predicted molar refractivity (Wildman–Crippen MR) is 98.1 cm³/mol. The van der Waals surface area contributed by atoms with Gasteiger partial charge in [0.15, 0.2) is 11.5 Å². The first-order valence-corrected chi connectivity index (χ1v) is 8.79. The highest BCUT2D eigenvalue weighted by Crippen LogP contribution is 2.33. The third kappa shape index (κ3) is 3.43. The zero-order chi connectivity index (χ0) is 18.0. The van der Waals surface area contributed by atoms with Crippen LogP contribution >= 0.6 is 22.9 Å². The van der Waals surface area contributed by atoms with Crippen LogP contribution < -0.4 is 5.32 Å². The Morgan fingerprint density at radius 3 is 2.76 bits per heavy atom. The molecule has 0 aliphatic rings. The molecule has 0 fully saturated rings. The van der Waals surface area contributed by atoms with Crippen molar-refractivity contribution in [1.29, 1.82) is 5.26 Å². The smallest absolute Gasteiger partial charge is 0.278 e. The van der Waals surface area contributed by atoms with E-state index < -0.39 is 5.91 Å². The molecule has 3 rings (SSSR count). The van der Waals surface area contributed by atoms with E-state index in [0.717, 1.165) is 22.4 Å². The second-order valence-corrected chi connectivity index (χ2v) is 7.00. The number of nitrogens with one attached hydrogen (secondary N) is 1. The van der Waals surface area contributed by atoms with Gasteiger partial charge in [-0.15, -0.1) is 11.3 Å². The molecule has 0 saturated carbocycles. The summed E-state index contributed by atoms with van der Waals surface area (Å²) in [5, 5.41) is 17.1. The minimum atomic E-state index is -0.413. The monoisotopic (exact) mass is 371 g/mol. The second kappa shape index (κ2) is 7.09. The quantitative estimate of drug-likeness (QED) is 0.695. The number of nitrogens with zero attached hydrogens (tertiary/aromatic N) is 2. The van der Waals surface area contributed by atoms with E-state index in [-0.39, 0.29) is 5.69 Å². The van der Waals surface area contributed by atoms with Crippen molar-refractivity contribution in [1.82, 2.24) is 5.16 Å². The van der Waals surface area contributed by atoms with Crippen molar-refractivity contribution >= 4 is 33.8 Å². The predicted octanol–water partition coefficient (Wildman–Crippen LogP) is 5.05. The Morgan fingerprint density at radius 1 is 1.40 bits per heavy atom. The van der Waals surface area contributed by atoms with Gasteiger partial charge in [0.05, 0.1) is 5.56 Å². The average Bonchev–Trinajstić information content (AvgIpc) is 3.20. The molecule has 7 heteroatoms. The Morgan fingerprint density at radius 2 is 2.12 bits per heavy atom. The van der Waals surface area contributed by atoms with E-state index in [1.54, 1.807) is 30.3 Å². The summed E-state index contributed by atoms with van der Waals surface area (Å²) in [7, 11) is 0. The van der Waals surface area contributed by atoms with Crippen LogP contribution in [-0.4, -0.2) is 11.1 Å². The van der Waals surface area contributed by atoms with Crippen molar-refractivity contribution in [2.45, 2.75) is 20.3 Å². The second-order valence-electron chi connectivity index (χ2n) is 5.34. The Bertz CT molecular complexity index is 967. The van der Waals surface area contributed by atoms with Crippen LogP contribution in [0.4, 0.5) is 5.00 Å². The number of carbonyl (C=O) groups is 1. The molecule has 0 spiro atoms. The van der Waals surface area contributed by atoms with Gasteiger partial charge < -0.3 is 9.84 Å². The molecule has 0 unspecified atom stereocenters. The molecular weight excluding hydrogens is 358 g/mol. The molecule has 1 amide bonds. The number of benzene rings is 1. The van der Waals surface area contributed by atoms with Gasteiger partial charge in [-0.25, -0.2) is 0 Å². The van der Waals surface area contributed by atoms with Gasteiger partial charge in [0, 0.05) is 21.5 Å². The first-order valence-electron chi connectivity index (χ1n) is 7.59. The first-order chi connectivity index (χ1) is 12.0. The van der Waals surface area contributed by atoms with Crippen molar-refractivity contribution in [2.75, 3.05) is 5.32 Å². The van der Waals surface area contributed by atoms with E-state index in [4.69, 9.17) is 16.1 Å². The number of aromatic nitrogens is 1. The maximum absolute atomic E-state index is 12.4. The molecule has 2 heterocycles. The van der Waals surface area contributed by atoms with Crippen molar-refractivity contribution in [2.24, 2.45) is 0 Å². The lowest BCUT2D eigenvalue weighted by molar-refractivity contribution is 0.101. The van der Waals surface area contributed by atoms with Crippen LogP contribution in [0.15, 0.2) is 34.9 Å². The van der Waals surface area contributed by atoms with E-state index in [2.05, 4.69) is 16.5 Å². The van der Waals surface area contributed by atoms with Gasteiger partial charge in [-0.2, -0.15) is 5.26 Å². The van der Waals surface area contributed by atoms with E-state index in [1.807, 2.05) is 13.8 Å². The van der Waals surface area contributed by atoms with Gasteiger partial charge in [0.25, 0.3) is 5.91 Å². The zero-order valence-corrected chi connectivity index (χ0v) is 15.2. The summed E-state index contributed by atoms with van der Waals surface area (Å²) in [6.45, 7) is 3.92. The maximum atomic E-state index is 12.4. The number of hydrogen-bond acceptors (Lipinski definition) is 5. The van der Waals surface area contributed by atoms with Crippen molar-refractivity contribution in [3.05, 3.63) is 57.1 Å². The maximum Gasteiger partial charge on any atom is 0.278 e. The third-order valence-electron chi connectivity index (χ3n) is 3.77. The number of halogens is 1. The number of anilines is 1. The van der Waals surface area contributed by atoms with Gasteiger partial charge in [0.2, 0.25) is 0 Å². The zero-order valence-electron chi connectivity index (χ0n) is 13.6. The van der Waals surface area contributed by atoms with Gasteiger partial charge in [0.1, 0.15) is 11.1 Å². The molecule has 5 nitrogen and oxygen atoms in total. The summed E-state index contributed by atoms with van der Waals surface area (Å²) in [6.07, 6.45) is 0.742. The standard InChI is InChI=1S/C18H14ClN3O2S/c1-3-13-10(2)25-18(14(13)9-20)21-17(23)15-8-16(24-22-15)11-4-6-12(19)7-5-11/h4-8H,3H2,1-2H3,(H,21,23). The van der Waals surface area contributed by atoms with Crippen LogP contribution in [0.3, 0.4) is 0 Å². The lowest BCUT2D eigenvalue weighted by Gasteiger charge is -2.00. The SMILES string of the molecule is CCc1c(C)sc(NC(=O)c2cc(-c3ccc(Cl)cc3)on2)c1C#N. The van der Waals surface area contributed by atoms with Gasteiger partial charge in [-0.1, -0.05) is 23.7 Å². The van der Waals surface area contributed by atoms with Crippen LogP contribution in [-0.2, 0) is 6.42 Å². The number of nitriles is 1. The molecule has 1 N–H and O–H groups in total. The molecule has 0 bridgehead atoms. The molecule has 3 aromatic rings. The highest BCUT2D eigenvalue weighted by Gasteiger charge is 2.19. The molecule has 0 radical (unpaired) electrons. The minimum Gasteiger partial charge on any atom is -0.355 e. The summed E-state index contributed by atoms with van der Waals surface area (Å²) < 4.78 is 5.24. The number of rotatable bonds is 4. The summed E-state index contributed by atoms with van der Waals surface area (Å²) in [5.74, 6) is 0.0586. The van der Waals surface area contributed by atoms with Gasteiger partial charge in [-0.3, -0.25) is 4.79 Å². The number of aryl methyl sites for hydroxylation is 1. The normalized spacial score (nSPS) is 10.5. The Labute approximate surface area is 153 Å². The number of carbonyl (C=O) groups excluding carboxylic acids is 1. The molecule has 0 saturated heterocycles. The Hall–Kier alpha value is -2.62. The summed E-state index contributed by atoms with van der Waals surface area (Å²) in [5.41, 5.74) is 2.40. The Balaban J connectivity index is 1.83. The highest BCUT2D eigenvalue weighted by atomic mass is 35.5. The molecule has 0 aliphatic heterocycles. The number of amides is 1. The molecule has 2 aromatic heterocycles. The van der Waals surface area contributed by atoms with Crippen molar-refractivity contribution in [3.63, 3.8) is 0 Å². The largest absolute Gasteiger partial charge is 0.355 e. The van der Waals surface area contributed by atoms with Gasteiger partial charge >= 0.3 is 0 Å². The number of thiophene rings is 1. The third-order valence-corrected chi connectivity index (χ3v) is 5.09. The minimum absolute atomic E-state index is 0.151. The lowest BCUT2D eigenvalue weighted by Crippen LogP contribution is -2.12. The molecule has 25 heavy (non-hydrogen) atoms. The average molecular weight is 372 g/mol. The van der Waals surface area contributed by atoms with E-state index >= 15 is 0 Å². The lowest BCUT2D eigenvalue weighted by atomic mass is 10.1. The fourth-order valence-corrected chi connectivity index (χ4v) is 3.73. The first kappa shape index (κ1) is 17.2. The molecule has 126 valence electrons. The van der Waals surface area contributed by atoms with E-state index in [0.29, 0.717) is 21.3 Å². The van der Waals surface area contributed by atoms with E-state index in [1.165, 1.54) is 11.3 Å². The molecular formula is C18H14ClN3O2S. The topological polar surface area (TPSA) is 78.9 Å². The van der Waals surface area contributed by atoms with Crippen LogP contribution in [0.1, 0.15) is 33.4 Å². The summed E-state index contributed by atoms with van der Waals surface area (Å²) in [4.78, 5) is 13.5. The van der Waals surface area contributed by atoms with Crippen molar-refractivity contribution in [3.8, 4) is 17.4 Å². The fraction of sp³-hybridized carbons (Fsp3) is 0.167. The van der Waals surface area contributed by atoms with Crippen LogP contribution in [0.5, 0.6) is 0 Å². The summed E-state index contributed by atoms with van der Waals surface area (Å²) in [6, 6.07) is 10.8. The van der Waals surface area contributed by atoms with E-state index in [9.17, 15) is 10.1 Å². The molecule has 0 aliphatic carbocycles. The van der Waals surface area contributed by atoms with Gasteiger partial charge in [-0.05, 0) is 43.2 Å². The van der Waals surface area contributed by atoms with Crippen LogP contribution in [0.25, 0.3) is 11.3 Å². The fourth-order valence-electron chi connectivity index (χ4n) is 2.51. The molecule has 1 aromatic carbocycles. The Kier molecular flexibility index (Phi) is 4.88. The summed E-state index contributed by atoms with van der Waals surface area (Å²) >= 11 is 7.26. The molecule has 0 atom stereocenters.